The van der Waals surface area contributed by atoms with Crippen molar-refractivity contribution in [3.63, 3.8) is 0 Å². The van der Waals surface area contributed by atoms with E-state index in [0.717, 1.165) is 32.2 Å². The zero-order chi connectivity index (χ0) is 9.68. The Bertz CT molecular complexity index is 135. The minimum absolute atomic E-state index is 0.242. The number of aliphatic hydroxyl groups is 1. The van der Waals surface area contributed by atoms with Crippen LogP contribution in [0.4, 0.5) is 0 Å². The van der Waals surface area contributed by atoms with Crippen molar-refractivity contribution in [3.8, 4) is 0 Å². The first-order valence-electron chi connectivity index (χ1n) is 5.13. The van der Waals surface area contributed by atoms with Gasteiger partial charge in [0.25, 0.3) is 0 Å². The van der Waals surface area contributed by atoms with Crippen LogP contribution < -0.4 is 0 Å². The molecule has 1 aliphatic carbocycles. The lowest BCUT2D eigenvalue weighted by molar-refractivity contribution is 0.0844. The molecule has 1 saturated carbocycles. The average Bonchev–Trinajstić information content (AvgIpc) is 2.80. The fourth-order valence-corrected chi connectivity index (χ4v) is 1.30. The number of nitrogens with zero attached hydrogens (tertiary/aromatic N) is 1. The zero-order valence-corrected chi connectivity index (χ0v) is 8.70. The van der Waals surface area contributed by atoms with Crippen molar-refractivity contribution in [1.29, 1.82) is 0 Å². The molecule has 0 aromatic heterocycles. The van der Waals surface area contributed by atoms with E-state index in [-0.39, 0.29) is 6.10 Å². The van der Waals surface area contributed by atoms with Gasteiger partial charge in [-0.25, -0.2) is 0 Å². The van der Waals surface area contributed by atoms with E-state index in [1.54, 1.807) is 0 Å². The third kappa shape index (κ3) is 6.02. The van der Waals surface area contributed by atoms with Crippen molar-refractivity contribution in [2.45, 2.75) is 25.9 Å². The molecule has 0 bridgehead atoms. The van der Waals surface area contributed by atoms with Gasteiger partial charge in [0.2, 0.25) is 0 Å². The van der Waals surface area contributed by atoms with E-state index in [2.05, 4.69) is 4.90 Å². The van der Waals surface area contributed by atoms with Crippen LogP contribution >= 0.6 is 0 Å². The molecule has 0 amide bonds. The second-order valence-electron chi connectivity index (χ2n) is 4.13. The molecule has 0 aromatic rings. The molecule has 1 fully saturated rings. The van der Waals surface area contributed by atoms with Crippen LogP contribution in [0.25, 0.3) is 0 Å². The molecule has 3 heteroatoms. The van der Waals surface area contributed by atoms with Crippen LogP contribution in [0.2, 0.25) is 0 Å². The summed E-state index contributed by atoms with van der Waals surface area (Å²) in [6.45, 7) is 5.17. The number of aliphatic hydroxyl groups excluding tert-OH is 1. The fourth-order valence-electron chi connectivity index (χ4n) is 1.30. The zero-order valence-electron chi connectivity index (χ0n) is 8.70. The summed E-state index contributed by atoms with van der Waals surface area (Å²) < 4.78 is 5.49. The van der Waals surface area contributed by atoms with E-state index in [1.165, 1.54) is 12.8 Å². The Morgan fingerprint density at radius 2 is 2.23 bits per heavy atom. The molecule has 0 spiro atoms. The summed E-state index contributed by atoms with van der Waals surface area (Å²) in [4.78, 5) is 2.09. The first-order valence-corrected chi connectivity index (χ1v) is 5.13. The molecule has 0 saturated heterocycles. The number of ether oxygens (including phenoxy) is 1. The van der Waals surface area contributed by atoms with Crippen molar-refractivity contribution in [2.24, 2.45) is 5.92 Å². The summed E-state index contributed by atoms with van der Waals surface area (Å²) in [5.74, 6) is 0.849. The molecule has 0 aliphatic heterocycles. The molecule has 1 rings (SSSR count). The van der Waals surface area contributed by atoms with Crippen LogP contribution in [0.3, 0.4) is 0 Å². The highest BCUT2D eigenvalue weighted by Gasteiger charge is 2.20. The molecule has 3 nitrogen and oxygen atoms in total. The van der Waals surface area contributed by atoms with Crippen molar-refractivity contribution in [3.05, 3.63) is 0 Å². The van der Waals surface area contributed by atoms with Crippen molar-refractivity contribution < 1.29 is 9.84 Å². The summed E-state index contributed by atoms with van der Waals surface area (Å²) in [6, 6.07) is 0. The highest BCUT2D eigenvalue weighted by Crippen LogP contribution is 2.28. The SMILES string of the molecule is C[C@H](O)CN(C)CCOCC1CC1. The minimum atomic E-state index is -0.242. The van der Waals surface area contributed by atoms with Crippen molar-refractivity contribution in [2.75, 3.05) is 33.4 Å². The van der Waals surface area contributed by atoms with Gasteiger partial charge in [0, 0.05) is 19.7 Å². The maximum absolute atomic E-state index is 9.10. The molecule has 1 aliphatic rings. The molecular formula is C10H21NO2. The predicted molar refractivity (Wildman–Crippen MR) is 52.7 cm³/mol. The van der Waals surface area contributed by atoms with Gasteiger partial charge in [-0.05, 0) is 32.7 Å². The Balaban J connectivity index is 1.85. The van der Waals surface area contributed by atoms with E-state index in [4.69, 9.17) is 9.84 Å². The second-order valence-corrected chi connectivity index (χ2v) is 4.13. The van der Waals surface area contributed by atoms with Gasteiger partial charge in [-0.2, -0.15) is 0 Å². The first-order chi connectivity index (χ1) is 6.18. The van der Waals surface area contributed by atoms with Crippen LogP contribution in [0, 0.1) is 5.92 Å². The third-order valence-electron chi connectivity index (χ3n) is 2.24. The standard InChI is InChI=1S/C10H21NO2/c1-9(12)7-11(2)5-6-13-8-10-3-4-10/h9-10,12H,3-8H2,1-2H3/t9-/m0/s1. The van der Waals surface area contributed by atoms with E-state index in [0.29, 0.717) is 0 Å². The number of rotatable bonds is 7. The van der Waals surface area contributed by atoms with Crippen LogP contribution in [0.5, 0.6) is 0 Å². The van der Waals surface area contributed by atoms with Gasteiger partial charge in [0.15, 0.2) is 0 Å². The normalized spacial score (nSPS) is 19.4. The minimum Gasteiger partial charge on any atom is -0.392 e. The third-order valence-corrected chi connectivity index (χ3v) is 2.24. The molecular weight excluding hydrogens is 166 g/mol. The highest BCUT2D eigenvalue weighted by molar-refractivity contribution is 4.72. The van der Waals surface area contributed by atoms with Gasteiger partial charge < -0.3 is 14.7 Å². The van der Waals surface area contributed by atoms with Crippen LogP contribution in [0.1, 0.15) is 19.8 Å². The summed E-state index contributed by atoms with van der Waals surface area (Å²) in [7, 11) is 2.01. The fraction of sp³-hybridized carbons (Fsp3) is 1.00. The summed E-state index contributed by atoms with van der Waals surface area (Å²) in [5.41, 5.74) is 0. The Labute approximate surface area is 80.7 Å². The Kier molecular flexibility index (Phi) is 4.70. The van der Waals surface area contributed by atoms with Gasteiger partial charge in [0.1, 0.15) is 0 Å². The molecule has 1 N–H and O–H groups in total. The van der Waals surface area contributed by atoms with Gasteiger partial charge in [0.05, 0.1) is 12.7 Å². The van der Waals surface area contributed by atoms with Gasteiger partial charge in [-0.3, -0.25) is 0 Å². The first kappa shape index (κ1) is 11.0. The molecule has 1 atom stereocenters. The maximum Gasteiger partial charge on any atom is 0.0638 e. The molecule has 78 valence electrons. The van der Waals surface area contributed by atoms with Crippen LogP contribution in [-0.2, 0) is 4.74 Å². The lowest BCUT2D eigenvalue weighted by atomic mass is 10.4. The van der Waals surface area contributed by atoms with E-state index in [9.17, 15) is 0 Å². The second kappa shape index (κ2) is 5.58. The van der Waals surface area contributed by atoms with Crippen molar-refractivity contribution in [1.82, 2.24) is 4.90 Å². The smallest absolute Gasteiger partial charge is 0.0638 e. The highest BCUT2D eigenvalue weighted by atomic mass is 16.5. The summed E-state index contributed by atoms with van der Waals surface area (Å²) in [6.07, 6.45) is 2.46. The Hall–Kier alpha value is -0.120. The predicted octanol–water partition coefficient (Wildman–Crippen LogP) is 0.726. The molecule has 0 heterocycles. The quantitative estimate of drug-likeness (QED) is 0.596. The summed E-state index contributed by atoms with van der Waals surface area (Å²) in [5, 5.41) is 9.10. The van der Waals surface area contributed by atoms with E-state index < -0.39 is 0 Å². The molecule has 0 unspecified atom stereocenters. The lowest BCUT2D eigenvalue weighted by Crippen LogP contribution is -2.30. The lowest BCUT2D eigenvalue weighted by Gasteiger charge is -2.17. The van der Waals surface area contributed by atoms with Crippen LogP contribution in [0.15, 0.2) is 0 Å². The maximum atomic E-state index is 9.10. The van der Waals surface area contributed by atoms with Gasteiger partial charge in [-0.1, -0.05) is 0 Å². The summed E-state index contributed by atoms with van der Waals surface area (Å²) >= 11 is 0. The molecule has 13 heavy (non-hydrogen) atoms. The van der Waals surface area contributed by atoms with E-state index in [1.807, 2.05) is 14.0 Å². The number of hydrogen-bond acceptors (Lipinski definition) is 3. The van der Waals surface area contributed by atoms with E-state index >= 15 is 0 Å². The Morgan fingerprint density at radius 3 is 2.77 bits per heavy atom. The largest absolute Gasteiger partial charge is 0.392 e. The topological polar surface area (TPSA) is 32.7 Å². The number of hydrogen-bond donors (Lipinski definition) is 1. The van der Waals surface area contributed by atoms with Gasteiger partial charge in [-0.15, -0.1) is 0 Å². The molecule has 0 aromatic carbocycles. The average molecular weight is 187 g/mol. The van der Waals surface area contributed by atoms with Crippen molar-refractivity contribution >= 4 is 0 Å². The monoisotopic (exact) mass is 187 g/mol. The molecule has 0 radical (unpaired) electrons. The Morgan fingerprint density at radius 1 is 1.54 bits per heavy atom. The van der Waals surface area contributed by atoms with Gasteiger partial charge >= 0.3 is 0 Å². The van der Waals surface area contributed by atoms with Crippen LogP contribution in [-0.4, -0.2) is 49.5 Å². The number of likely N-dealkylation sites (N-methyl/N-ethyl adjacent to an activating group) is 1.